The number of ether oxygens (including phenoxy) is 1. The smallest absolute Gasteiger partial charge is 0.337 e. The molecule has 3 aromatic rings. The molecule has 1 aromatic carbocycles. The van der Waals surface area contributed by atoms with Crippen molar-refractivity contribution in [1.82, 2.24) is 19.6 Å². The first-order valence-electron chi connectivity index (χ1n) is 5.52. The average Bonchev–Trinajstić information content (AvgIpc) is 2.84. The highest BCUT2D eigenvalue weighted by Crippen LogP contribution is 2.34. The number of fused-ring (bicyclic) bond motifs is 1. The van der Waals surface area contributed by atoms with E-state index < -0.39 is 0 Å². The maximum absolute atomic E-state index is 6.34. The van der Waals surface area contributed by atoms with Crippen LogP contribution in [0.15, 0.2) is 24.3 Å². The van der Waals surface area contributed by atoms with Crippen LogP contribution in [0.5, 0.6) is 6.01 Å². The summed E-state index contributed by atoms with van der Waals surface area (Å²) in [4.78, 5) is 8.19. The molecule has 0 aliphatic carbocycles. The van der Waals surface area contributed by atoms with Crippen molar-refractivity contribution in [2.75, 3.05) is 7.11 Å². The summed E-state index contributed by atoms with van der Waals surface area (Å²) < 4.78 is 6.32. The molecular formula is C12H7Cl3N4O. The summed E-state index contributed by atoms with van der Waals surface area (Å²) in [6, 6.07) is 7.27. The Hall–Kier alpha value is -1.56. The van der Waals surface area contributed by atoms with Crippen molar-refractivity contribution < 1.29 is 4.74 Å². The maximum atomic E-state index is 6.34. The van der Waals surface area contributed by atoms with Gasteiger partial charge in [0.15, 0.2) is 0 Å². The maximum Gasteiger partial charge on any atom is 0.337 e. The third-order valence-electron chi connectivity index (χ3n) is 2.68. The van der Waals surface area contributed by atoms with E-state index in [9.17, 15) is 0 Å². The highest BCUT2D eigenvalue weighted by atomic mass is 35.5. The van der Waals surface area contributed by atoms with Gasteiger partial charge in [0.1, 0.15) is 10.3 Å². The van der Waals surface area contributed by atoms with Gasteiger partial charge in [-0.25, -0.2) is 0 Å². The van der Waals surface area contributed by atoms with Gasteiger partial charge in [-0.15, -0.1) is 5.10 Å². The van der Waals surface area contributed by atoms with Crippen molar-refractivity contribution in [1.29, 1.82) is 0 Å². The average molecular weight is 330 g/mol. The van der Waals surface area contributed by atoms with Crippen molar-refractivity contribution >= 4 is 40.6 Å². The third kappa shape index (κ3) is 2.18. The van der Waals surface area contributed by atoms with Crippen LogP contribution in [-0.4, -0.2) is 26.7 Å². The van der Waals surface area contributed by atoms with Crippen molar-refractivity contribution in [2.24, 2.45) is 0 Å². The number of aromatic nitrogens is 4. The molecule has 20 heavy (non-hydrogen) atoms. The molecule has 0 radical (unpaired) electrons. The summed E-state index contributed by atoms with van der Waals surface area (Å²) in [5.74, 6) is 0.273. The fraction of sp³-hybridized carbons (Fsp3) is 0.0833. The largest absolute Gasteiger partial charge is 0.466 e. The second kappa shape index (κ2) is 5.09. The fourth-order valence-electron chi connectivity index (χ4n) is 1.77. The van der Waals surface area contributed by atoms with Gasteiger partial charge >= 0.3 is 6.01 Å². The minimum atomic E-state index is 0.170. The van der Waals surface area contributed by atoms with Gasteiger partial charge in [-0.2, -0.15) is 14.5 Å². The monoisotopic (exact) mass is 328 g/mol. The molecule has 8 heteroatoms. The number of halogens is 3. The van der Waals surface area contributed by atoms with Crippen LogP contribution in [0.25, 0.3) is 16.9 Å². The van der Waals surface area contributed by atoms with Gasteiger partial charge in [-0.3, -0.25) is 0 Å². The molecule has 0 spiro atoms. The molecule has 0 aliphatic heterocycles. The number of benzene rings is 1. The van der Waals surface area contributed by atoms with Crippen molar-refractivity contribution in [3.05, 3.63) is 39.6 Å². The molecule has 2 heterocycles. The first-order valence-corrected chi connectivity index (χ1v) is 6.65. The summed E-state index contributed by atoms with van der Waals surface area (Å²) in [5, 5.41) is 5.24. The predicted octanol–water partition coefficient (Wildman–Crippen LogP) is 3.76. The second-order valence-electron chi connectivity index (χ2n) is 3.89. The van der Waals surface area contributed by atoms with Crippen LogP contribution < -0.4 is 4.74 Å². The number of methoxy groups -OCH3 is 1. The zero-order chi connectivity index (χ0) is 14.3. The highest BCUT2D eigenvalue weighted by Gasteiger charge is 2.17. The Balaban J connectivity index is 2.27. The van der Waals surface area contributed by atoms with Gasteiger partial charge in [0.25, 0.3) is 5.78 Å². The van der Waals surface area contributed by atoms with E-state index in [0.29, 0.717) is 15.7 Å². The number of nitrogens with zero attached hydrogens (tertiary/aromatic N) is 4. The minimum absolute atomic E-state index is 0.170. The van der Waals surface area contributed by atoms with Crippen LogP contribution in [0, 0.1) is 0 Å². The summed E-state index contributed by atoms with van der Waals surface area (Å²) in [6.07, 6.45) is 0. The molecule has 0 unspecified atom stereocenters. The van der Waals surface area contributed by atoms with Crippen LogP contribution in [0.1, 0.15) is 0 Å². The SMILES string of the molecule is COc1nc2nc(Cl)c(-c3ccc(Cl)cc3)c(Cl)n2n1. The van der Waals surface area contributed by atoms with E-state index in [4.69, 9.17) is 39.5 Å². The Labute approximate surface area is 129 Å². The van der Waals surface area contributed by atoms with Gasteiger partial charge in [0.05, 0.1) is 12.7 Å². The number of rotatable bonds is 2. The van der Waals surface area contributed by atoms with E-state index in [1.165, 1.54) is 11.6 Å². The first kappa shape index (κ1) is 13.4. The molecule has 0 atom stereocenters. The number of hydrogen-bond donors (Lipinski definition) is 0. The lowest BCUT2D eigenvalue weighted by molar-refractivity contribution is 0.380. The Morgan fingerprint density at radius 1 is 1.05 bits per heavy atom. The molecule has 102 valence electrons. The fourth-order valence-corrected chi connectivity index (χ4v) is 2.53. The molecule has 0 N–H and O–H groups in total. The van der Waals surface area contributed by atoms with Gasteiger partial charge in [0.2, 0.25) is 0 Å². The van der Waals surface area contributed by atoms with Crippen molar-refractivity contribution in [3.63, 3.8) is 0 Å². The van der Waals surface area contributed by atoms with Crippen LogP contribution in [0.4, 0.5) is 0 Å². The minimum Gasteiger partial charge on any atom is -0.466 e. The van der Waals surface area contributed by atoms with E-state index in [0.717, 1.165) is 5.56 Å². The molecule has 0 saturated carbocycles. The lowest BCUT2D eigenvalue weighted by atomic mass is 10.1. The molecular weight excluding hydrogens is 323 g/mol. The van der Waals surface area contributed by atoms with Gasteiger partial charge in [-0.05, 0) is 17.7 Å². The van der Waals surface area contributed by atoms with Gasteiger partial charge in [-0.1, -0.05) is 46.9 Å². The van der Waals surface area contributed by atoms with Crippen LogP contribution in [0.2, 0.25) is 15.3 Å². The van der Waals surface area contributed by atoms with Crippen molar-refractivity contribution in [2.45, 2.75) is 0 Å². The molecule has 5 nitrogen and oxygen atoms in total. The Morgan fingerprint density at radius 2 is 1.75 bits per heavy atom. The quantitative estimate of drug-likeness (QED) is 0.672. The normalized spacial score (nSPS) is 11.0. The predicted molar refractivity (Wildman–Crippen MR) is 77.8 cm³/mol. The van der Waals surface area contributed by atoms with E-state index in [-0.39, 0.29) is 16.9 Å². The first-order chi connectivity index (χ1) is 9.60. The van der Waals surface area contributed by atoms with E-state index >= 15 is 0 Å². The zero-order valence-electron chi connectivity index (χ0n) is 10.1. The molecule has 0 amide bonds. The molecule has 0 aliphatic rings. The molecule has 0 fully saturated rings. The van der Waals surface area contributed by atoms with Gasteiger partial charge < -0.3 is 4.74 Å². The third-order valence-corrected chi connectivity index (χ3v) is 3.56. The summed E-state index contributed by atoms with van der Waals surface area (Å²) in [5.41, 5.74) is 1.35. The van der Waals surface area contributed by atoms with Crippen LogP contribution >= 0.6 is 34.8 Å². The van der Waals surface area contributed by atoms with Gasteiger partial charge in [0, 0.05) is 5.02 Å². The zero-order valence-corrected chi connectivity index (χ0v) is 12.4. The Morgan fingerprint density at radius 3 is 2.40 bits per heavy atom. The topological polar surface area (TPSA) is 52.3 Å². The van der Waals surface area contributed by atoms with E-state index in [1.54, 1.807) is 24.3 Å². The van der Waals surface area contributed by atoms with Crippen LogP contribution in [0.3, 0.4) is 0 Å². The lowest BCUT2D eigenvalue weighted by Gasteiger charge is -2.07. The molecule has 3 rings (SSSR count). The summed E-state index contributed by atoms with van der Waals surface area (Å²) >= 11 is 18.4. The summed E-state index contributed by atoms with van der Waals surface area (Å²) in [7, 11) is 1.46. The standard InChI is InChI=1S/C12H7Cl3N4O/c1-20-12-17-11-16-9(14)8(10(15)19(11)18-12)6-2-4-7(13)5-3-6/h2-5H,1H3. The van der Waals surface area contributed by atoms with Crippen molar-refractivity contribution in [3.8, 4) is 17.1 Å². The summed E-state index contributed by atoms with van der Waals surface area (Å²) in [6.45, 7) is 0. The highest BCUT2D eigenvalue weighted by molar-refractivity contribution is 6.38. The molecule has 2 aromatic heterocycles. The lowest BCUT2D eigenvalue weighted by Crippen LogP contribution is -1.97. The molecule has 0 saturated heterocycles. The van der Waals surface area contributed by atoms with E-state index in [2.05, 4.69) is 15.1 Å². The van der Waals surface area contributed by atoms with Crippen LogP contribution in [-0.2, 0) is 0 Å². The second-order valence-corrected chi connectivity index (χ2v) is 5.04. The van der Waals surface area contributed by atoms with E-state index in [1.807, 2.05) is 0 Å². The Bertz CT molecular complexity index is 785. The Kier molecular flexibility index (Phi) is 3.41. The number of hydrogen-bond acceptors (Lipinski definition) is 4. The molecule has 0 bridgehead atoms.